The van der Waals surface area contributed by atoms with Crippen LogP contribution in [0.25, 0.3) is 0 Å². The highest BCUT2D eigenvalue weighted by molar-refractivity contribution is 5.77. The number of rotatable bonds is 8. The molecule has 0 aromatic carbocycles. The van der Waals surface area contributed by atoms with Crippen LogP contribution in [-0.4, -0.2) is 35.0 Å². The van der Waals surface area contributed by atoms with Crippen LogP contribution in [0.2, 0.25) is 0 Å². The van der Waals surface area contributed by atoms with Gasteiger partial charge in [0.25, 0.3) is 0 Å². The third-order valence-corrected chi connectivity index (χ3v) is 2.87. The van der Waals surface area contributed by atoms with Crippen LogP contribution in [0.1, 0.15) is 45.4 Å². The Bertz CT molecular complexity index is 249. The monoisotopic (exact) mass is 227 g/mol. The number of carbonyl (C=O) groups is 2. The number of carboxylic acids is 1. The maximum Gasteiger partial charge on any atom is 0.305 e. The maximum absolute atomic E-state index is 11.8. The molecule has 1 saturated carbocycles. The summed E-state index contributed by atoms with van der Waals surface area (Å²) in [6.45, 7) is 3.18. The summed E-state index contributed by atoms with van der Waals surface area (Å²) < 4.78 is 0. The second kappa shape index (κ2) is 6.51. The van der Waals surface area contributed by atoms with Crippen molar-refractivity contribution in [2.75, 3.05) is 13.1 Å². The Morgan fingerprint density at radius 3 is 2.50 bits per heavy atom. The van der Waals surface area contributed by atoms with Crippen LogP contribution in [0.3, 0.4) is 0 Å². The van der Waals surface area contributed by atoms with Gasteiger partial charge < -0.3 is 10.0 Å². The van der Waals surface area contributed by atoms with Crippen molar-refractivity contribution in [3.8, 4) is 0 Å². The van der Waals surface area contributed by atoms with Crippen molar-refractivity contribution in [3.63, 3.8) is 0 Å². The fourth-order valence-corrected chi connectivity index (χ4v) is 1.65. The second-order valence-electron chi connectivity index (χ2n) is 4.53. The molecule has 16 heavy (non-hydrogen) atoms. The Kier molecular flexibility index (Phi) is 5.29. The zero-order valence-corrected chi connectivity index (χ0v) is 9.95. The van der Waals surface area contributed by atoms with E-state index >= 15 is 0 Å². The lowest BCUT2D eigenvalue weighted by Gasteiger charge is -2.21. The van der Waals surface area contributed by atoms with E-state index in [0.717, 1.165) is 19.4 Å². The SMILES string of the molecule is CCCCC(=O)N(CCC(=O)O)CC1CC1. The van der Waals surface area contributed by atoms with Gasteiger partial charge in [-0.1, -0.05) is 13.3 Å². The molecule has 1 amide bonds. The molecule has 0 spiro atoms. The van der Waals surface area contributed by atoms with Crippen molar-refractivity contribution in [2.45, 2.75) is 45.4 Å². The van der Waals surface area contributed by atoms with E-state index in [0.29, 0.717) is 18.9 Å². The van der Waals surface area contributed by atoms with Gasteiger partial charge in [0, 0.05) is 19.5 Å². The molecule has 0 bridgehead atoms. The van der Waals surface area contributed by atoms with Gasteiger partial charge in [-0.2, -0.15) is 0 Å². The molecule has 0 saturated heterocycles. The van der Waals surface area contributed by atoms with E-state index in [-0.39, 0.29) is 12.3 Å². The Labute approximate surface area is 96.6 Å². The van der Waals surface area contributed by atoms with Crippen molar-refractivity contribution >= 4 is 11.9 Å². The topological polar surface area (TPSA) is 57.6 Å². The first-order valence-electron chi connectivity index (χ1n) is 6.13. The van der Waals surface area contributed by atoms with Crippen LogP contribution in [-0.2, 0) is 9.59 Å². The number of aliphatic carboxylic acids is 1. The van der Waals surface area contributed by atoms with Crippen molar-refractivity contribution in [2.24, 2.45) is 5.92 Å². The van der Waals surface area contributed by atoms with E-state index in [2.05, 4.69) is 6.92 Å². The summed E-state index contributed by atoms with van der Waals surface area (Å²) in [5.41, 5.74) is 0. The van der Waals surface area contributed by atoms with Gasteiger partial charge in [-0.15, -0.1) is 0 Å². The van der Waals surface area contributed by atoms with Crippen LogP contribution in [0.5, 0.6) is 0 Å². The van der Waals surface area contributed by atoms with Crippen LogP contribution < -0.4 is 0 Å². The van der Waals surface area contributed by atoms with E-state index in [1.54, 1.807) is 4.90 Å². The molecular weight excluding hydrogens is 206 g/mol. The molecule has 1 aliphatic rings. The number of hydrogen-bond acceptors (Lipinski definition) is 2. The number of hydrogen-bond donors (Lipinski definition) is 1. The molecule has 0 heterocycles. The third-order valence-electron chi connectivity index (χ3n) is 2.87. The van der Waals surface area contributed by atoms with Crippen molar-refractivity contribution < 1.29 is 14.7 Å². The molecule has 0 unspecified atom stereocenters. The molecule has 0 radical (unpaired) electrons. The van der Waals surface area contributed by atoms with Crippen LogP contribution >= 0.6 is 0 Å². The van der Waals surface area contributed by atoms with Gasteiger partial charge >= 0.3 is 5.97 Å². The van der Waals surface area contributed by atoms with E-state index < -0.39 is 5.97 Å². The molecule has 0 aromatic heterocycles. The lowest BCUT2D eigenvalue weighted by molar-refractivity contribution is -0.138. The molecule has 4 nitrogen and oxygen atoms in total. The quantitative estimate of drug-likeness (QED) is 0.689. The van der Waals surface area contributed by atoms with Crippen LogP contribution in [0.4, 0.5) is 0 Å². The highest BCUT2D eigenvalue weighted by atomic mass is 16.4. The summed E-state index contributed by atoms with van der Waals surface area (Å²) in [7, 11) is 0. The van der Waals surface area contributed by atoms with Crippen molar-refractivity contribution in [1.29, 1.82) is 0 Å². The largest absolute Gasteiger partial charge is 0.481 e. The smallest absolute Gasteiger partial charge is 0.305 e. The first-order chi connectivity index (χ1) is 7.63. The first kappa shape index (κ1) is 13.0. The lowest BCUT2D eigenvalue weighted by Crippen LogP contribution is -2.34. The number of nitrogens with zero attached hydrogens (tertiary/aromatic N) is 1. The van der Waals surface area contributed by atoms with E-state index in [4.69, 9.17) is 5.11 Å². The van der Waals surface area contributed by atoms with Gasteiger partial charge in [-0.25, -0.2) is 0 Å². The molecule has 1 N–H and O–H groups in total. The molecule has 92 valence electrons. The third kappa shape index (κ3) is 5.14. The highest BCUT2D eigenvalue weighted by Crippen LogP contribution is 2.30. The minimum atomic E-state index is -0.830. The molecule has 1 aliphatic carbocycles. The molecule has 4 heteroatoms. The molecule has 1 rings (SSSR count). The van der Waals surface area contributed by atoms with Gasteiger partial charge in [0.15, 0.2) is 0 Å². The fourth-order valence-electron chi connectivity index (χ4n) is 1.65. The van der Waals surface area contributed by atoms with Gasteiger partial charge in [-0.3, -0.25) is 9.59 Å². The summed E-state index contributed by atoms with van der Waals surface area (Å²) in [6, 6.07) is 0. The number of carboxylic acid groups (broad SMARTS) is 1. The first-order valence-corrected chi connectivity index (χ1v) is 6.13. The van der Waals surface area contributed by atoms with Gasteiger partial charge in [0.2, 0.25) is 5.91 Å². The number of amides is 1. The highest BCUT2D eigenvalue weighted by Gasteiger charge is 2.26. The van der Waals surface area contributed by atoms with Crippen molar-refractivity contribution in [3.05, 3.63) is 0 Å². The summed E-state index contributed by atoms with van der Waals surface area (Å²) in [5, 5.41) is 8.63. The summed E-state index contributed by atoms with van der Waals surface area (Å²) in [4.78, 5) is 24.1. The van der Waals surface area contributed by atoms with E-state index in [9.17, 15) is 9.59 Å². The molecular formula is C12H21NO3. The number of carbonyl (C=O) groups excluding carboxylic acids is 1. The normalized spacial score (nSPS) is 14.8. The van der Waals surface area contributed by atoms with Gasteiger partial charge in [0.05, 0.1) is 6.42 Å². The zero-order valence-electron chi connectivity index (χ0n) is 9.95. The Balaban J connectivity index is 2.34. The molecule has 0 atom stereocenters. The minimum Gasteiger partial charge on any atom is -0.481 e. The minimum absolute atomic E-state index is 0.0601. The summed E-state index contributed by atoms with van der Waals surface area (Å²) in [5.74, 6) is -0.0848. The predicted molar refractivity (Wildman–Crippen MR) is 61.1 cm³/mol. The Morgan fingerprint density at radius 2 is 2.00 bits per heavy atom. The Morgan fingerprint density at radius 1 is 1.31 bits per heavy atom. The average molecular weight is 227 g/mol. The van der Waals surface area contributed by atoms with Gasteiger partial charge in [0.1, 0.15) is 0 Å². The zero-order chi connectivity index (χ0) is 12.0. The average Bonchev–Trinajstić information content (AvgIpc) is 3.04. The Hall–Kier alpha value is -1.06. The molecule has 1 fully saturated rings. The lowest BCUT2D eigenvalue weighted by atomic mass is 10.2. The predicted octanol–water partition coefficient (Wildman–Crippen LogP) is 1.89. The maximum atomic E-state index is 11.8. The number of unbranched alkanes of at least 4 members (excludes halogenated alkanes) is 1. The standard InChI is InChI=1S/C12H21NO3/c1-2-3-4-11(14)13(8-7-12(15)16)9-10-5-6-10/h10H,2-9H2,1H3,(H,15,16). The van der Waals surface area contributed by atoms with Gasteiger partial charge in [-0.05, 0) is 25.2 Å². The fraction of sp³-hybridized carbons (Fsp3) is 0.833. The van der Waals surface area contributed by atoms with E-state index in [1.807, 2.05) is 0 Å². The van der Waals surface area contributed by atoms with Crippen LogP contribution in [0, 0.1) is 5.92 Å². The van der Waals surface area contributed by atoms with Crippen molar-refractivity contribution in [1.82, 2.24) is 4.90 Å². The molecule has 0 aromatic rings. The van der Waals surface area contributed by atoms with Crippen LogP contribution in [0.15, 0.2) is 0 Å². The summed E-state index contributed by atoms with van der Waals surface area (Å²) >= 11 is 0. The van der Waals surface area contributed by atoms with E-state index in [1.165, 1.54) is 12.8 Å². The summed E-state index contributed by atoms with van der Waals surface area (Å²) in [6.07, 6.45) is 4.89. The molecule has 0 aliphatic heterocycles. The second-order valence-corrected chi connectivity index (χ2v) is 4.53.